The molecule has 5 heteroatoms. The van der Waals surface area contributed by atoms with Gasteiger partial charge in [-0.3, -0.25) is 4.79 Å². The van der Waals surface area contributed by atoms with Crippen LogP contribution in [0.4, 0.5) is 0 Å². The Morgan fingerprint density at radius 1 is 1.39 bits per heavy atom. The molecule has 1 aromatic carbocycles. The molecule has 5 nitrogen and oxygen atoms in total. The van der Waals surface area contributed by atoms with Crippen molar-refractivity contribution in [1.82, 2.24) is 0 Å². The second-order valence-electron chi connectivity index (χ2n) is 4.68. The summed E-state index contributed by atoms with van der Waals surface area (Å²) in [4.78, 5) is 11.4. The summed E-state index contributed by atoms with van der Waals surface area (Å²) in [6.45, 7) is 0.562. The number of carboxylic acid groups (broad SMARTS) is 1. The molecule has 0 radical (unpaired) electrons. The normalized spacial score (nSPS) is 18.7. The van der Waals surface area contributed by atoms with E-state index in [0.29, 0.717) is 30.9 Å². The second kappa shape index (κ2) is 3.88. The van der Waals surface area contributed by atoms with Crippen LogP contribution in [0.1, 0.15) is 24.0 Å². The smallest absolute Gasteiger partial charge is 0.314 e. The molecular formula is C13H14O5. The lowest BCUT2D eigenvalue weighted by Gasteiger charge is -2.16. The molecule has 0 spiro atoms. The third-order valence-corrected chi connectivity index (χ3v) is 3.57. The number of rotatable bonds is 4. The van der Waals surface area contributed by atoms with Gasteiger partial charge in [-0.2, -0.15) is 0 Å². The lowest BCUT2D eigenvalue weighted by Crippen LogP contribution is -2.21. The number of carboxylic acids is 1. The summed E-state index contributed by atoms with van der Waals surface area (Å²) in [6, 6.07) is 3.61. The zero-order valence-corrected chi connectivity index (χ0v) is 10.1. The molecular weight excluding hydrogens is 236 g/mol. The van der Waals surface area contributed by atoms with Gasteiger partial charge in [0.1, 0.15) is 0 Å². The molecule has 1 aliphatic carbocycles. The molecule has 1 saturated carbocycles. The van der Waals surface area contributed by atoms with E-state index < -0.39 is 11.4 Å². The van der Waals surface area contributed by atoms with Crippen molar-refractivity contribution in [2.75, 3.05) is 13.9 Å². The van der Waals surface area contributed by atoms with E-state index >= 15 is 0 Å². The molecule has 18 heavy (non-hydrogen) atoms. The first-order valence-corrected chi connectivity index (χ1v) is 5.83. The van der Waals surface area contributed by atoms with Gasteiger partial charge < -0.3 is 19.3 Å². The Hall–Kier alpha value is -1.75. The number of carbonyl (C=O) groups is 1. The monoisotopic (exact) mass is 250 g/mol. The van der Waals surface area contributed by atoms with E-state index in [0.717, 1.165) is 11.1 Å². The minimum Gasteiger partial charge on any atom is -0.481 e. The van der Waals surface area contributed by atoms with Crippen LogP contribution < -0.4 is 9.47 Å². The predicted molar refractivity (Wildman–Crippen MR) is 61.8 cm³/mol. The van der Waals surface area contributed by atoms with Gasteiger partial charge in [-0.25, -0.2) is 0 Å². The zero-order chi connectivity index (χ0) is 12.8. The fraction of sp³-hybridized carbons (Fsp3) is 0.462. The first-order chi connectivity index (χ1) is 8.67. The van der Waals surface area contributed by atoms with Gasteiger partial charge >= 0.3 is 5.97 Å². The number of fused-ring (bicyclic) bond motifs is 1. The van der Waals surface area contributed by atoms with Crippen LogP contribution in [0, 0.1) is 0 Å². The number of benzene rings is 1. The van der Waals surface area contributed by atoms with Gasteiger partial charge in [-0.1, -0.05) is 0 Å². The van der Waals surface area contributed by atoms with Crippen molar-refractivity contribution < 1.29 is 24.1 Å². The van der Waals surface area contributed by atoms with Gasteiger partial charge in [0.15, 0.2) is 11.5 Å². The summed E-state index contributed by atoms with van der Waals surface area (Å²) < 4.78 is 15.8. The highest BCUT2D eigenvalue weighted by atomic mass is 16.7. The SMILES string of the molecule is COCc1cc2c(cc1C1(C(=O)O)CC1)OCO2. The third kappa shape index (κ3) is 1.54. The van der Waals surface area contributed by atoms with E-state index in [9.17, 15) is 9.90 Å². The van der Waals surface area contributed by atoms with E-state index in [2.05, 4.69) is 0 Å². The Kier molecular flexibility index (Phi) is 2.45. The summed E-state index contributed by atoms with van der Waals surface area (Å²) in [6.07, 6.45) is 1.33. The molecule has 1 aliphatic heterocycles. The van der Waals surface area contributed by atoms with Crippen LogP contribution in [0.15, 0.2) is 12.1 Å². The summed E-state index contributed by atoms with van der Waals surface area (Å²) in [5.41, 5.74) is 0.900. The van der Waals surface area contributed by atoms with Crippen molar-refractivity contribution in [3.05, 3.63) is 23.3 Å². The van der Waals surface area contributed by atoms with E-state index in [-0.39, 0.29) is 6.79 Å². The van der Waals surface area contributed by atoms with Crippen LogP contribution in [0.25, 0.3) is 0 Å². The molecule has 2 aliphatic rings. The molecule has 1 heterocycles. The topological polar surface area (TPSA) is 65.0 Å². The summed E-state index contributed by atoms with van der Waals surface area (Å²) in [7, 11) is 1.59. The van der Waals surface area contributed by atoms with E-state index in [1.807, 2.05) is 6.07 Å². The molecule has 0 amide bonds. The minimum atomic E-state index is -0.779. The maximum atomic E-state index is 11.4. The quantitative estimate of drug-likeness (QED) is 0.880. The van der Waals surface area contributed by atoms with Crippen molar-refractivity contribution >= 4 is 5.97 Å². The second-order valence-corrected chi connectivity index (χ2v) is 4.68. The van der Waals surface area contributed by atoms with Crippen LogP contribution in [-0.2, 0) is 21.6 Å². The van der Waals surface area contributed by atoms with Gasteiger partial charge in [-0.05, 0) is 36.1 Å². The van der Waals surface area contributed by atoms with Crippen molar-refractivity contribution in [2.24, 2.45) is 0 Å². The fourth-order valence-corrected chi connectivity index (χ4v) is 2.43. The lowest BCUT2D eigenvalue weighted by atomic mass is 9.91. The van der Waals surface area contributed by atoms with Gasteiger partial charge in [0, 0.05) is 7.11 Å². The summed E-state index contributed by atoms with van der Waals surface area (Å²) in [5, 5.41) is 9.39. The standard InChI is InChI=1S/C13H14O5/c1-16-6-8-4-10-11(18-7-17-10)5-9(8)13(2-3-13)12(14)15/h4-5H,2-3,6-7H2,1H3,(H,14,15). The van der Waals surface area contributed by atoms with Crippen LogP contribution >= 0.6 is 0 Å². The maximum absolute atomic E-state index is 11.4. The zero-order valence-electron chi connectivity index (χ0n) is 10.1. The largest absolute Gasteiger partial charge is 0.481 e. The predicted octanol–water partition coefficient (Wildman–Crippen LogP) is 1.68. The fourth-order valence-electron chi connectivity index (χ4n) is 2.43. The molecule has 0 unspecified atom stereocenters. The van der Waals surface area contributed by atoms with Crippen LogP contribution in [0.5, 0.6) is 11.5 Å². The van der Waals surface area contributed by atoms with Gasteiger partial charge in [0.2, 0.25) is 6.79 Å². The Balaban J connectivity index is 2.09. The van der Waals surface area contributed by atoms with Gasteiger partial charge in [-0.15, -0.1) is 0 Å². The first kappa shape index (κ1) is 11.3. The number of ether oxygens (including phenoxy) is 3. The molecule has 96 valence electrons. The van der Waals surface area contributed by atoms with Crippen molar-refractivity contribution in [2.45, 2.75) is 24.9 Å². The molecule has 0 atom stereocenters. The molecule has 1 N–H and O–H groups in total. The maximum Gasteiger partial charge on any atom is 0.314 e. The highest BCUT2D eigenvalue weighted by Gasteiger charge is 2.53. The first-order valence-electron chi connectivity index (χ1n) is 5.83. The Morgan fingerprint density at radius 3 is 2.61 bits per heavy atom. The summed E-state index contributed by atoms with van der Waals surface area (Å²) in [5.74, 6) is 0.503. The van der Waals surface area contributed by atoms with E-state index in [1.54, 1.807) is 13.2 Å². The molecule has 1 fully saturated rings. The van der Waals surface area contributed by atoms with Gasteiger partial charge in [0.05, 0.1) is 12.0 Å². The summed E-state index contributed by atoms with van der Waals surface area (Å²) >= 11 is 0. The van der Waals surface area contributed by atoms with Crippen LogP contribution in [0.3, 0.4) is 0 Å². The molecule has 0 bridgehead atoms. The van der Waals surface area contributed by atoms with E-state index in [1.165, 1.54) is 0 Å². The number of aliphatic carboxylic acids is 1. The molecule has 1 aromatic rings. The number of methoxy groups -OCH3 is 1. The Labute approximate surface area is 104 Å². The van der Waals surface area contributed by atoms with E-state index in [4.69, 9.17) is 14.2 Å². The highest BCUT2D eigenvalue weighted by Crippen LogP contribution is 2.52. The van der Waals surface area contributed by atoms with Crippen molar-refractivity contribution in [3.8, 4) is 11.5 Å². The van der Waals surface area contributed by atoms with Crippen molar-refractivity contribution in [1.29, 1.82) is 0 Å². The minimum absolute atomic E-state index is 0.186. The van der Waals surface area contributed by atoms with Crippen molar-refractivity contribution in [3.63, 3.8) is 0 Å². The van der Waals surface area contributed by atoms with Crippen LogP contribution in [0.2, 0.25) is 0 Å². The van der Waals surface area contributed by atoms with Crippen LogP contribution in [-0.4, -0.2) is 25.0 Å². The average Bonchev–Trinajstić information content (AvgIpc) is 3.03. The average molecular weight is 250 g/mol. The molecule has 3 rings (SSSR count). The molecule has 0 aromatic heterocycles. The van der Waals surface area contributed by atoms with Gasteiger partial charge in [0.25, 0.3) is 0 Å². The lowest BCUT2D eigenvalue weighted by molar-refractivity contribution is -0.140. The molecule has 0 saturated heterocycles. The Morgan fingerprint density at radius 2 is 2.06 bits per heavy atom. The third-order valence-electron chi connectivity index (χ3n) is 3.57. The Bertz CT molecular complexity index is 504. The number of hydrogen-bond donors (Lipinski definition) is 1. The number of hydrogen-bond acceptors (Lipinski definition) is 4. The highest BCUT2D eigenvalue weighted by molar-refractivity contribution is 5.86.